The molecule has 2 aromatic rings. The number of nitrogens with one attached hydrogen (secondary N) is 2. The van der Waals surface area contributed by atoms with Crippen LogP contribution in [-0.2, 0) is 25.7 Å². The highest BCUT2D eigenvalue weighted by molar-refractivity contribution is 5.90. The zero-order valence-corrected chi connectivity index (χ0v) is 24.9. The quantitative estimate of drug-likeness (QED) is 0.183. The number of amides is 2. The van der Waals surface area contributed by atoms with E-state index in [1.165, 1.54) is 32.6 Å². The Balaban J connectivity index is 1.43. The number of rotatable bonds is 15. The molecule has 42 heavy (non-hydrogen) atoms. The molecule has 0 aromatic heterocycles. The van der Waals surface area contributed by atoms with Gasteiger partial charge in [0, 0.05) is 56.7 Å². The van der Waals surface area contributed by atoms with Crippen LogP contribution in [0.3, 0.4) is 0 Å². The Bertz CT molecular complexity index is 1150. The van der Waals surface area contributed by atoms with Crippen molar-refractivity contribution in [2.45, 2.75) is 95.9 Å². The summed E-state index contributed by atoms with van der Waals surface area (Å²) >= 11 is 0. The van der Waals surface area contributed by atoms with E-state index in [-0.39, 0.29) is 30.6 Å². The summed E-state index contributed by atoms with van der Waals surface area (Å²) in [5, 5.41) is 15.3. The molecule has 8 heteroatoms. The molecule has 0 unspecified atom stereocenters. The van der Waals surface area contributed by atoms with Crippen molar-refractivity contribution in [3.8, 4) is 0 Å². The maximum Gasteiger partial charge on any atom is 0.224 e. The fourth-order valence-electron chi connectivity index (χ4n) is 5.94. The molecule has 3 N–H and O–H groups in total. The van der Waals surface area contributed by atoms with Crippen LogP contribution in [-0.4, -0.2) is 53.6 Å². The van der Waals surface area contributed by atoms with Crippen LogP contribution < -0.4 is 10.6 Å². The number of aliphatic hydroxyl groups is 1. The van der Waals surface area contributed by atoms with Crippen LogP contribution in [0.5, 0.6) is 0 Å². The Kier molecular flexibility index (Phi) is 12.6. The van der Waals surface area contributed by atoms with E-state index in [1.807, 2.05) is 54.6 Å². The molecule has 2 amide bonds. The van der Waals surface area contributed by atoms with Crippen LogP contribution in [0.25, 0.3) is 0 Å². The van der Waals surface area contributed by atoms with Gasteiger partial charge in [0.25, 0.3) is 0 Å². The van der Waals surface area contributed by atoms with Crippen LogP contribution in [0.15, 0.2) is 61.2 Å². The SMILES string of the molecule is C=CCN(C[C@H]1C[C@@H](c2ccc(CO)cc2)O[C@@H](c2cccc(NC(=O)CCCCCNC(C)=O)c2)O1)C1CCCC1. The normalized spacial score (nSPS) is 20.9. The average molecular weight is 578 g/mol. The van der Waals surface area contributed by atoms with Crippen molar-refractivity contribution >= 4 is 17.5 Å². The van der Waals surface area contributed by atoms with Crippen LogP contribution in [0.2, 0.25) is 0 Å². The van der Waals surface area contributed by atoms with Crippen LogP contribution in [0, 0.1) is 0 Å². The topological polar surface area (TPSA) is 100 Å². The lowest BCUT2D eigenvalue weighted by atomic mass is 9.99. The van der Waals surface area contributed by atoms with E-state index in [9.17, 15) is 14.7 Å². The molecule has 1 saturated heterocycles. The molecule has 1 aliphatic carbocycles. The fraction of sp³-hybridized carbons (Fsp3) is 0.529. The molecule has 2 aliphatic rings. The van der Waals surface area contributed by atoms with Crippen molar-refractivity contribution in [3.63, 3.8) is 0 Å². The highest BCUT2D eigenvalue weighted by Crippen LogP contribution is 2.39. The second-order valence-corrected chi connectivity index (χ2v) is 11.5. The van der Waals surface area contributed by atoms with Gasteiger partial charge in [-0.3, -0.25) is 14.5 Å². The Morgan fingerprint density at radius 2 is 1.83 bits per heavy atom. The highest BCUT2D eigenvalue weighted by atomic mass is 16.7. The van der Waals surface area contributed by atoms with Crippen molar-refractivity contribution in [2.75, 3.05) is 25.0 Å². The third-order valence-corrected chi connectivity index (χ3v) is 8.15. The molecule has 1 heterocycles. The molecular formula is C34H47N3O5. The Labute approximate surface area is 250 Å². The fourth-order valence-corrected chi connectivity index (χ4v) is 5.94. The van der Waals surface area contributed by atoms with E-state index in [0.29, 0.717) is 24.7 Å². The lowest BCUT2D eigenvalue weighted by molar-refractivity contribution is -0.253. The summed E-state index contributed by atoms with van der Waals surface area (Å²) in [5.41, 5.74) is 3.51. The van der Waals surface area contributed by atoms with Gasteiger partial charge in [0.1, 0.15) is 0 Å². The standard InChI is InChI=1S/C34H47N3O5/c1-3-20-37(30-12-6-7-13-30)23-31-22-32(27-17-15-26(24-38)16-18-27)42-34(41-31)28-10-9-11-29(21-28)36-33(40)14-5-4-8-19-35-25(2)39/h3,9-11,15-18,21,30-32,34,38H,1,4-8,12-14,19-20,22-24H2,2H3,(H,35,39)(H,36,40)/t31-,32+,34+/m1/s1. The molecule has 2 aromatic carbocycles. The summed E-state index contributed by atoms with van der Waals surface area (Å²) < 4.78 is 13.1. The smallest absolute Gasteiger partial charge is 0.224 e. The summed E-state index contributed by atoms with van der Waals surface area (Å²) in [6, 6.07) is 16.2. The lowest BCUT2D eigenvalue weighted by Gasteiger charge is -2.39. The molecule has 0 spiro atoms. The number of hydrogen-bond acceptors (Lipinski definition) is 6. The maximum absolute atomic E-state index is 12.6. The first-order valence-electron chi connectivity index (χ1n) is 15.4. The van der Waals surface area contributed by atoms with Gasteiger partial charge < -0.3 is 25.2 Å². The van der Waals surface area contributed by atoms with Gasteiger partial charge in [-0.25, -0.2) is 0 Å². The van der Waals surface area contributed by atoms with Crippen LogP contribution in [0.4, 0.5) is 5.69 Å². The van der Waals surface area contributed by atoms with Crippen molar-refractivity contribution < 1.29 is 24.2 Å². The van der Waals surface area contributed by atoms with Gasteiger partial charge in [-0.2, -0.15) is 0 Å². The Morgan fingerprint density at radius 1 is 1.05 bits per heavy atom. The van der Waals surface area contributed by atoms with Gasteiger partial charge in [-0.15, -0.1) is 6.58 Å². The van der Waals surface area contributed by atoms with Crippen LogP contribution >= 0.6 is 0 Å². The largest absolute Gasteiger partial charge is 0.392 e. The van der Waals surface area contributed by atoms with Crippen LogP contribution in [0.1, 0.15) is 93.8 Å². The molecule has 228 valence electrons. The second kappa shape index (κ2) is 16.6. The number of unbranched alkanes of at least 4 members (excludes halogenated alkanes) is 2. The summed E-state index contributed by atoms with van der Waals surface area (Å²) in [4.78, 5) is 26.1. The number of ether oxygens (including phenoxy) is 2. The third-order valence-electron chi connectivity index (χ3n) is 8.15. The van der Waals surface area contributed by atoms with E-state index in [4.69, 9.17) is 9.47 Å². The number of carbonyl (C=O) groups is 2. The van der Waals surface area contributed by atoms with Crippen molar-refractivity contribution in [2.24, 2.45) is 0 Å². The Hall–Kier alpha value is -3.04. The average Bonchev–Trinajstić information content (AvgIpc) is 3.54. The number of benzene rings is 2. The molecule has 0 bridgehead atoms. The van der Waals surface area contributed by atoms with Gasteiger partial charge >= 0.3 is 0 Å². The molecule has 4 rings (SSSR count). The summed E-state index contributed by atoms with van der Waals surface area (Å²) in [5.74, 6) is -0.0628. The zero-order valence-electron chi connectivity index (χ0n) is 24.9. The predicted octanol–water partition coefficient (Wildman–Crippen LogP) is 5.79. The zero-order chi connectivity index (χ0) is 29.7. The number of anilines is 1. The van der Waals surface area contributed by atoms with E-state index < -0.39 is 6.29 Å². The van der Waals surface area contributed by atoms with Crippen molar-refractivity contribution in [1.82, 2.24) is 10.2 Å². The lowest BCUT2D eigenvalue weighted by Crippen LogP contribution is -2.43. The van der Waals surface area contributed by atoms with E-state index >= 15 is 0 Å². The first kappa shape index (κ1) is 31.9. The first-order chi connectivity index (χ1) is 20.4. The second-order valence-electron chi connectivity index (χ2n) is 11.5. The van der Waals surface area contributed by atoms with Gasteiger partial charge in [-0.1, -0.05) is 61.7 Å². The third kappa shape index (κ3) is 9.76. The van der Waals surface area contributed by atoms with E-state index in [1.54, 1.807) is 0 Å². The van der Waals surface area contributed by atoms with Gasteiger partial charge in [0.05, 0.1) is 18.8 Å². The summed E-state index contributed by atoms with van der Waals surface area (Å²) in [7, 11) is 0. The number of carbonyl (C=O) groups excluding carboxylic acids is 2. The molecule has 1 saturated carbocycles. The molecule has 0 radical (unpaired) electrons. The monoisotopic (exact) mass is 577 g/mol. The molecule has 2 fully saturated rings. The minimum atomic E-state index is -0.578. The number of nitrogens with zero attached hydrogens (tertiary/aromatic N) is 1. The number of aliphatic hydroxyl groups excluding tert-OH is 1. The highest BCUT2D eigenvalue weighted by Gasteiger charge is 2.34. The van der Waals surface area contributed by atoms with Gasteiger partial charge in [0.15, 0.2) is 6.29 Å². The maximum atomic E-state index is 12.6. The first-order valence-corrected chi connectivity index (χ1v) is 15.4. The van der Waals surface area contributed by atoms with Crippen molar-refractivity contribution in [1.29, 1.82) is 0 Å². The van der Waals surface area contributed by atoms with Crippen molar-refractivity contribution in [3.05, 3.63) is 77.9 Å². The number of hydrogen-bond donors (Lipinski definition) is 3. The molecule has 1 aliphatic heterocycles. The molecular weight excluding hydrogens is 530 g/mol. The van der Waals surface area contributed by atoms with Gasteiger partial charge in [0.2, 0.25) is 11.8 Å². The summed E-state index contributed by atoms with van der Waals surface area (Å²) in [6.07, 6.45) is 9.82. The summed E-state index contributed by atoms with van der Waals surface area (Å²) in [6.45, 7) is 7.80. The minimum Gasteiger partial charge on any atom is -0.392 e. The Morgan fingerprint density at radius 3 is 2.55 bits per heavy atom. The van der Waals surface area contributed by atoms with Gasteiger partial charge in [-0.05, 0) is 48.9 Å². The molecule has 3 atom stereocenters. The van der Waals surface area contributed by atoms with E-state index in [0.717, 1.165) is 55.5 Å². The predicted molar refractivity (Wildman–Crippen MR) is 165 cm³/mol. The van der Waals surface area contributed by atoms with E-state index in [2.05, 4.69) is 22.1 Å². The minimum absolute atomic E-state index is 0.00759. The molecule has 8 nitrogen and oxygen atoms in total.